The Morgan fingerprint density at radius 3 is 1.51 bits per heavy atom. The van der Waals surface area contributed by atoms with Crippen LogP contribution in [-0.2, 0) is 32.7 Å². The van der Waals surface area contributed by atoms with Crippen LogP contribution < -0.4 is 4.89 Å². The monoisotopic (exact) mass is 844 g/mol. The maximum absolute atomic E-state index is 12.7. The zero-order valence-corrected chi connectivity index (χ0v) is 38.5. The van der Waals surface area contributed by atoms with Gasteiger partial charge in [0.1, 0.15) is 19.8 Å². The number of hydrogen-bond donors (Lipinski definition) is 0. The minimum Gasteiger partial charge on any atom is -0.756 e. The molecule has 0 aromatic carbocycles. The average molecular weight is 844 g/mol. The van der Waals surface area contributed by atoms with Gasteiger partial charge in [-0.1, -0.05) is 150 Å². The summed E-state index contributed by atoms with van der Waals surface area (Å²) < 4.78 is 33.8. The summed E-state index contributed by atoms with van der Waals surface area (Å²) >= 11 is 0. The molecule has 0 fully saturated rings. The highest BCUT2D eigenvalue weighted by atomic mass is 31.2. The lowest BCUT2D eigenvalue weighted by Gasteiger charge is -2.28. The topological polar surface area (TPSA) is 111 Å². The summed E-state index contributed by atoms with van der Waals surface area (Å²) in [6.07, 6.45) is 53.1. The first kappa shape index (κ1) is 55.9. The molecule has 0 heterocycles. The molecule has 59 heavy (non-hydrogen) atoms. The Morgan fingerprint density at radius 2 is 1.00 bits per heavy atom. The number of carbonyl (C=O) groups excluding carboxylic acids is 2. The molecule has 0 aliphatic carbocycles. The lowest BCUT2D eigenvalue weighted by molar-refractivity contribution is -0.870. The summed E-state index contributed by atoms with van der Waals surface area (Å²) in [5.74, 6) is -0.958. The molecule has 0 spiro atoms. The van der Waals surface area contributed by atoms with Gasteiger partial charge >= 0.3 is 11.9 Å². The zero-order valence-electron chi connectivity index (χ0n) is 37.7. The Labute approximate surface area is 360 Å². The molecule has 2 unspecified atom stereocenters. The first-order chi connectivity index (χ1) is 28.5. The second kappa shape index (κ2) is 40.3. The third kappa shape index (κ3) is 44.3. The van der Waals surface area contributed by atoms with Gasteiger partial charge in [-0.2, -0.15) is 0 Å². The fourth-order valence-electron chi connectivity index (χ4n) is 5.36. The molecule has 0 saturated carbocycles. The van der Waals surface area contributed by atoms with Crippen molar-refractivity contribution in [3.05, 3.63) is 97.2 Å². The Hall–Kier alpha value is -3.07. The van der Waals surface area contributed by atoms with Gasteiger partial charge in [0.15, 0.2) is 6.10 Å². The number of carbonyl (C=O) groups is 2. The second-order valence-electron chi connectivity index (χ2n) is 15.7. The number of esters is 2. The van der Waals surface area contributed by atoms with E-state index in [1.54, 1.807) is 0 Å². The van der Waals surface area contributed by atoms with Crippen molar-refractivity contribution in [2.45, 2.75) is 155 Å². The normalized spacial score (nSPS) is 14.5. The minimum absolute atomic E-state index is 0.0523. The van der Waals surface area contributed by atoms with E-state index in [9.17, 15) is 19.0 Å². The van der Waals surface area contributed by atoms with Gasteiger partial charge in [0.25, 0.3) is 7.82 Å². The van der Waals surface area contributed by atoms with E-state index in [2.05, 4.69) is 98.9 Å². The molecule has 0 amide bonds. The van der Waals surface area contributed by atoms with Crippen molar-refractivity contribution in [2.75, 3.05) is 47.5 Å². The van der Waals surface area contributed by atoms with Crippen LogP contribution in [0, 0.1) is 0 Å². The predicted octanol–water partition coefficient (Wildman–Crippen LogP) is 12.3. The van der Waals surface area contributed by atoms with E-state index in [0.29, 0.717) is 23.9 Å². The van der Waals surface area contributed by atoms with Crippen molar-refractivity contribution in [2.24, 2.45) is 0 Å². The van der Waals surface area contributed by atoms with Gasteiger partial charge in [-0.05, 0) is 83.5 Å². The fraction of sp³-hybridized carbons (Fsp3) is 0.633. The summed E-state index contributed by atoms with van der Waals surface area (Å²) in [6.45, 7) is 3.97. The molecule has 0 aromatic rings. The molecule has 0 rings (SSSR count). The smallest absolute Gasteiger partial charge is 0.306 e. The molecule has 0 radical (unpaired) electrons. The summed E-state index contributed by atoms with van der Waals surface area (Å²) in [4.78, 5) is 37.5. The number of rotatable bonds is 39. The largest absolute Gasteiger partial charge is 0.756 e. The fourth-order valence-corrected chi connectivity index (χ4v) is 6.08. The highest BCUT2D eigenvalue weighted by molar-refractivity contribution is 7.45. The molecular weight excluding hydrogens is 762 g/mol. The molecule has 0 saturated heterocycles. The van der Waals surface area contributed by atoms with Crippen molar-refractivity contribution < 1.29 is 42.1 Å². The molecule has 0 aromatic heterocycles. The van der Waals surface area contributed by atoms with E-state index >= 15 is 0 Å². The number of quaternary nitrogens is 1. The minimum atomic E-state index is -4.66. The molecule has 10 heteroatoms. The summed E-state index contributed by atoms with van der Waals surface area (Å²) in [5.41, 5.74) is 0. The van der Waals surface area contributed by atoms with Crippen LogP contribution in [0.5, 0.6) is 0 Å². The van der Waals surface area contributed by atoms with Crippen molar-refractivity contribution in [1.29, 1.82) is 0 Å². The number of nitrogens with zero attached hydrogens (tertiary/aromatic N) is 1. The van der Waals surface area contributed by atoms with E-state index in [1.807, 2.05) is 33.3 Å². The second-order valence-corrected chi connectivity index (χ2v) is 17.1. The van der Waals surface area contributed by atoms with Crippen molar-refractivity contribution in [1.82, 2.24) is 0 Å². The molecular formula is C49H82NO8P. The van der Waals surface area contributed by atoms with Gasteiger partial charge in [0, 0.05) is 12.8 Å². The van der Waals surface area contributed by atoms with Crippen LogP contribution in [0.1, 0.15) is 149 Å². The maximum Gasteiger partial charge on any atom is 0.306 e. The third-order valence-corrected chi connectivity index (χ3v) is 9.82. The van der Waals surface area contributed by atoms with Crippen LogP contribution in [0.15, 0.2) is 97.2 Å². The average Bonchev–Trinajstić information content (AvgIpc) is 3.19. The van der Waals surface area contributed by atoms with Gasteiger partial charge in [0.2, 0.25) is 0 Å². The van der Waals surface area contributed by atoms with Crippen LogP contribution in [0.2, 0.25) is 0 Å². The van der Waals surface area contributed by atoms with Crippen LogP contribution in [-0.4, -0.2) is 70.0 Å². The Morgan fingerprint density at radius 1 is 0.542 bits per heavy atom. The highest BCUT2D eigenvalue weighted by Gasteiger charge is 2.21. The Kier molecular flexibility index (Phi) is 38.2. The zero-order chi connectivity index (χ0) is 43.6. The SMILES string of the molecule is CC/C=C\C/C=C\C/C=C\C/C=C\C/C=C\C/C=C\CCC(=O)OC(COC(=O)CCCCCCC/C=C\C/C=C\CCCCCC)COP(=O)([O-])OCC[N+](C)(C)C. The lowest BCUT2D eigenvalue weighted by Crippen LogP contribution is -2.37. The van der Waals surface area contributed by atoms with Gasteiger partial charge < -0.3 is 27.9 Å². The number of hydrogen-bond acceptors (Lipinski definition) is 8. The molecule has 0 aliphatic heterocycles. The van der Waals surface area contributed by atoms with E-state index in [0.717, 1.165) is 77.0 Å². The first-order valence-electron chi connectivity index (χ1n) is 22.4. The van der Waals surface area contributed by atoms with E-state index in [4.69, 9.17) is 18.5 Å². The molecule has 2 atom stereocenters. The van der Waals surface area contributed by atoms with Crippen LogP contribution in [0.3, 0.4) is 0 Å². The number of phosphoric ester groups is 1. The molecule has 336 valence electrons. The van der Waals surface area contributed by atoms with Gasteiger partial charge in [0.05, 0.1) is 27.7 Å². The summed E-state index contributed by atoms with van der Waals surface area (Å²) in [6, 6.07) is 0. The van der Waals surface area contributed by atoms with E-state index < -0.39 is 32.5 Å². The number of unbranched alkanes of at least 4 members (excludes halogenated alkanes) is 9. The number of allylic oxidation sites excluding steroid dienone is 16. The molecule has 0 aliphatic rings. The van der Waals surface area contributed by atoms with E-state index in [-0.39, 0.29) is 26.1 Å². The number of likely N-dealkylation sites (N-methyl/N-ethyl adjacent to an activating group) is 1. The molecule has 9 nitrogen and oxygen atoms in total. The van der Waals surface area contributed by atoms with E-state index in [1.165, 1.54) is 32.1 Å². The maximum atomic E-state index is 12.7. The van der Waals surface area contributed by atoms with Crippen molar-refractivity contribution >= 4 is 19.8 Å². The Bertz CT molecular complexity index is 1320. The molecule has 0 N–H and O–H groups in total. The summed E-state index contributed by atoms with van der Waals surface area (Å²) in [7, 11) is 1.09. The van der Waals surface area contributed by atoms with Crippen molar-refractivity contribution in [3.63, 3.8) is 0 Å². The van der Waals surface area contributed by atoms with Gasteiger partial charge in [-0.15, -0.1) is 0 Å². The quantitative estimate of drug-likeness (QED) is 0.0198. The molecule has 0 bridgehead atoms. The number of ether oxygens (including phenoxy) is 2. The number of phosphoric acid groups is 1. The summed E-state index contributed by atoms with van der Waals surface area (Å²) in [5, 5.41) is 0. The van der Waals surface area contributed by atoms with Gasteiger partial charge in [-0.3, -0.25) is 14.2 Å². The Balaban J connectivity index is 4.53. The van der Waals surface area contributed by atoms with Crippen LogP contribution in [0.4, 0.5) is 0 Å². The lowest BCUT2D eigenvalue weighted by atomic mass is 10.1. The predicted molar refractivity (Wildman–Crippen MR) is 245 cm³/mol. The van der Waals surface area contributed by atoms with Crippen LogP contribution in [0.25, 0.3) is 0 Å². The standard InChI is InChI=1S/C49H82NO8P/c1-6-8-10-12-14-16-18-20-22-24-25-26-28-30-32-34-36-38-40-42-49(52)58-47(46-57-59(53,54)56-44-43-50(3,4)5)45-55-48(51)41-39-37-35-33-31-29-27-23-21-19-17-15-13-11-9-7-2/h8,10,14,16-17,19-20,22-23,25-27,30,32,36,38,47H,6-7,9,11-13,15,18,21,24,28-29,31,33-35,37,39-46H2,1-5H3/b10-8-,16-14-,19-17-,22-20-,26-25-,27-23-,32-30-,38-36-. The first-order valence-corrected chi connectivity index (χ1v) is 23.9. The van der Waals surface area contributed by atoms with Crippen LogP contribution >= 0.6 is 7.82 Å². The van der Waals surface area contributed by atoms with Crippen molar-refractivity contribution in [3.8, 4) is 0 Å². The van der Waals surface area contributed by atoms with Gasteiger partial charge in [-0.25, -0.2) is 0 Å². The highest BCUT2D eigenvalue weighted by Crippen LogP contribution is 2.38. The third-order valence-electron chi connectivity index (χ3n) is 8.85.